The van der Waals surface area contributed by atoms with Gasteiger partial charge in [0.2, 0.25) is 0 Å². The molecular formula is C18H27Cl2N. The van der Waals surface area contributed by atoms with Crippen LogP contribution >= 0.6 is 23.2 Å². The van der Waals surface area contributed by atoms with Crippen LogP contribution in [0.4, 0.5) is 0 Å². The normalized spacial score (nSPS) is 19.1. The number of nitrogens with one attached hydrogen (secondary N) is 1. The standard InChI is InChI=1S/C18H27Cl2N/c1-13(2)12-18(8-4-5-9-18)17(21-3)11-14-6-7-15(19)16(20)10-14/h6-7,10,13,17,21H,4-5,8-9,11-12H2,1-3H3. The van der Waals surface area contributed by atoms with Crippen LogP contribution in [0, 0.1) is 11.3 Å². The van der Waals surface area contributed by atoms with Crippen LogP contribution < -0.4 is 5.32 Å². The number of benzene rings is 1. The molecule has 0 bridgehead atoms. The number of hydrogen-bond acceptors (Lipinski definition) is 1. The van der Waals surface area contributed by atoms with Crippen molar-refractivity contribution in [2.45, 2.75) is 58.4 Å². The van der Waals surface area contributed by atoms with Crippen LogP contribution in [0.15, 0.2) is 18.2 Å². The van der Waals surface area contributed by atoms with Crippen LogP contribution in [-0.2, 0) is 6.42 Å². The minimum Gasteiger partial charge on any atom is -0.316 e. The average Bonchev–Trinajstić information content (AvgIpc) is 2.88. The molecule has 3 heteroatoms. The largest absolute Gasteiger partial charge is 0.316 e. The molecule has 1 unspecified atom stereocenters. The van der Waals surface area contributed by atoms with Crippen LogP contribution in [0.5, 0.6) is 0 Å². The van der Waals surface area contributed by atoms with Crippen molar-refractivity contribution in [2.24, 2.45) is 11.3 Å². The maximum atomic E-state index is 6.17. The topological polar surface area (TPSA) is 12.0 Å². The highest BCUT2D eigenvalue weighted by Gasteiger charge is 2.40. The van der Waals surface area contributed by atoms with Crippen LogP contribution in [0.25, 0.3) is 0 Å². The van der Waals surface area contributed by atoms with Gasteiger partial charge in [0.15, 0.2) is 0 Å². The van der Waals surface area contributed by atoms with Crippen molar-refractivity contribution in [3.8, 4) is 0 Å². The van der Waals surface area contributed by atoms with Crippen molar-refractivity contribution in [3.05, 3.63) is 33.8 Å². The van der Waals surface area contributed by atoms with Crippen molar-refractivity contribution in [1.29, 1.82) is 0 Å². The quantitative estimate of drug-likeness (QED) is 0.703. The Hall–Kier alpha value is -0.240. The van der Waals surface area contributed by atoms with E-state index in [0.29, 0.717) is 21.5 Å². The molecule has 2 rings (SSSR count). The van der Waals surface area contributed by atoms with E-state index in [-0.39, 0.29) is 0 Å². The van der Waals surface area contributed by atoms with E-state index in [1.165, 1.54) is 37.7 Å². The van der Waals surface area contributed by atoms with E-state index in [1.54, 1.807) is 0 Å². The zero-order valence-electron chi connectivity index (χ0n) is 13.4. The van der Waals surface area contributed by atoms with Crippen molar-refractivity contribution in [1.82, 2.24) is 5.32 Å². The summed E-state index contributed by atoms with van der Waals surface area (Å²) < 4.78 is 0. The summed E-state index contributed by atoms with van der Waals surface area (Å²) in [5, 5.41) is 4.90. The zero-order chi connectivity index (χ0) is 15.5. The number of halogens is 2. The van der Waals surface area contributed by atoms with Gasteiger partial charge in [0, 0.05) is 6.04 Å². The van der Waals surface area contributed by atoms with E-state index in [9.17, 15) is 0 Å². The summed E-state index contributed by atoms with van der Waals surface area (Å²) in [6, 6.07) is 6.55. The molecule has 1 nitrogen and oxygen atoms in total. The Balaban J connectivity index is 2.18. The predicted octanol–water partition coefficient (Wildman–Crippen LogP) is 5.73. The zero-order valence-corrected chi connectivity index (χ0v) is 14.9. The summed E-state index contributed by atoms with van der Waals surface area (Å²) >= 11 is 12.2. The van der Waals surface area contributed by atoms with Crippen molar-refractivity contribution >= 4 is 23.2 Å². The van der Waals surface area contributed by atoms with Crippen LogP contribution in [0.3, 0.4) is 0 Å². The highest BCUT2D eigenvalue weighted by Crippen LogP contribution is 2.46. The fraction of sp³-hybridized carbons (Fsp3) is 0.667. The van der Waals surface area contributed by atoms with E-state index in [0.717, 1.165) is 12.3 Å². The Morgan fingerprint density at radius 3 is 2.33 bits per heavy atom. The minimum atomic E-state index is 0.440. The van der Waals surface area contributed by atoms with E-state index < -0.39 is 0 Å². The number of likely N-dealkylation sites (N-methyl/N-ethyl adjacent to an activating group) is 1. The smallest absolute Gasteiger partial charge is 0.0595 e. The van der Waals surface area contributed by atoms with Gasteiger partial charge >= 0.3 is 0 Å². The second-order valence-corrected chi connectivity index (χ2v) is 7.78. The van der Waals surface area contributed by atoms with E-state index in [2.05, 4.69) is 32.3 Å². The molecule has 1 fully saturated rings. The maximum absolute atomic E-state index is 6.17. The fourth-order valence-electron chi connectivity index (χ4n) is 4.11. The SMILES string of the molecule is CNC(Cc1ccc(Cl)c(Cl)c1)C1(CC(C)C)CCCC1. The second kappa shape index (κ2) is 7.35. The van der Waals surface area contributed by atoms with E-state index in [1.807, 2.05) is 12.1 Å². The molecule has 1 saturated carbocycles. The molecule has 1 N–H and O–H groups in total. The Labute approximate surface area is 139 Å². The highest BCUT2D eigenvalue weighted by molar-refractivity contribution is 6.42. The third-order valence-corrected chi connectivity index (χ3v) is 5.66. The fourth-order valence-corrected chi connectivity index (χ4v) is 4.43. The Morgan fingerprint density at radius 1 is 1.14 bits per heavy atom. The Kier molecular flexibility index (Phi) is 5.99. The Morgan fingerprint density at radius 2 is 1.81 bits per heavy atom. The van der Waals surface area contributed by atoms with Gasteiger partial charge in [-0.2, -0.15) is 0 Å². The van der Waals surface area contributed by atoms with Crippen LogP contribution in [0.1, 0.15) is 51.5 Å². The molecule has 21 heavy (non-hydrogen) atoms. The van der Waals surface area contributed by atoms with E-state index in [4.69, 9.17) is 23.2 Å². The summed E-state index contributed by atoms with van der Waals surface area (Å²) in [4.78, 5) is 0. The number of rotatable bonds is 6. The molecule has 1 atom stereocenters. The first-order chi connectivity index (χ1) is 9.97. The van der Waals surface area contributed by atoms with Gasteiger partial charge in [-0.05, 0) is 61.8 Å². The molecule has 0 heterocycles. The minimum absolute atomic E-state index is 0.440. The van der Waals surface area contributed by atoms with Gasteiger partial charge in [0.25, 0.3) is 0 Å². The molecule has 1 aromatic rings. The lowest BCUT2D eigenvalue weighted by Gasteiger charge is -2.39. The Bertz CT molecular complexity index is 464. The summed E-state index contributed by atoms with van der Waals surface area (Å²) in [6.45, 7) is 4.68. The van der Waals surface area contributed by atoms with Gasteiger partial charge in [-0.3, -0.25) is 0 Å². The summed E-state index contributed by atoms with van der Waals surface area (Å²) in [5.74, 6) is 0.743. The summed E-state index contributed by atoms with van der Waals surface area (Å²) in [6.07, 6.45) is 7.76. The maximum Gasteiger partial charge on any atom is 0.0595 e. The molecule has 0 saturated heterocycles. The highest BCUT2D eigenvalue weighted by atomic mass is 35.5. The molecular weight excluding hydrogens is 301 g/mol. The lowest BCUT2D eigenvalue weighted by molar-refractivity contribution is 0.160. The van der Waals surface area contributed by atoms with Crippen molar-refractivity contribution in [3.63, 3.8) is 0 Å². The predicted molar refractivity (Wildman–Crippen MR) is 93.4 cm³/mol. The van der Waals surface area contributed by atoms with Crippen LogP contribution in [-0.4, -0.2) is 13.1 Å². The second-order valence-electron chi connectivity index (χ2n) is 6.96. The summed E-state index contributed by atoms with van der Waals surface area (Å²) in [7, 11) is 2.10. The third-order valence-electron chi connectivity index (χ3n) is 4.93. The monoisotopic (exact) mass is 327 g/mol. The first kappa shape index (κ1) is 17.1. The van der Waals surface area contributed by atoms with Gasteiger partial charge in [0.1, 0.15) is 0 Å². The number of hydrogen-bond donors (Lipinski definition) is 1. The molecule has 0 radical (unpaired) electrons. The van der Waals surface area contributed by atoms with Gasteiger partial charge in [-0.15, -0.1) is 0 Å². The van der Waals surface area contributed by atoms with Gasteiger partial charge in [0.05, 0.1) is 10.0 Å². The summed E-state index contributed by atoms with van der Waals surface area (Å²) in [5.41, 5.74) is 1.72. The van der Waals surface area contributed by atoms with Crippen molar-refractivity contribution in [2.75, 3.05) is 7.05 Å². The van der Waals surface area contributed by atoms with Crippen LogP contribution in [0.2, 0.25) is 10.0 Å². The molecule has 0 amide bonds. The first-order valence-corrected chi connectivity index (χ1v) is 8.83. The first-order valence-electron chi connectivity index (χ1n) is 8.08. The molecule has 118 valence electrons. The molecule has 1 aromatic carbocycles. The molecule has 0 spiro atoms. The molecule has 1 aliphatic carbocycles. The van der Waals surface area contributed by atoms with Crippen molar-refractivity contribution < 1.29 is 0 Å². The third kappa shape index (κ3) is 4.15. The average molecular weight is 328 g/mol. The van der Waals surface area contributed by atoms with E-state index >= 15 is 0 Å². The van der Waals surface area contributed by atoms with Gasteiger partial charge in [-0.25, -0.2) is 0 Å². The molecule has 0 aliphatic heterocycles. The van der Waals surface area contributed by atoms with Gasteiger partial charge in [-0.1, -0.05) is 56.0 Å². The lowest BCUT2D eigenvalue weighted by atomic mass is 9.71. The lowest BCUT2D eigenvalue weighted by Crippen LogP contribution is -2.44. The molecule has 0 aromatic heterocycles. The molecule has 1 aliphatic rings. The van der Waals surface area contributed by atoms with Gasteiger partial charge < -0.3 is 5.32 Å².